The predicted molar refractivity (Wildman–Crippen MR) is 106 cm³/mol. The van der Waals surface area contributed by atoms with Crippen LogP contribution in [-0.4, -0.2) is 21.4 Å². The number of imide groups is 1. The Balaban J connectivity index is 2.00. The van der Waals surface area contributed by atoms with Gasteiger partial charge in [-0.25, -0.2) is 0 Å². The SMILES string of the molecule is Cn1ccc2ccc3c4[nH]c5ccc(C#N)cc5c4c4c(c3c21)C(=O)NC4=O. The number of aryl methyl sites for hydroxylation is 1. The minimum atomic E-state index is -0.402. The topological polar surface area (TPSA) is 90.7 Å². The van der Waals surface area contributed by atoms with E-state index in [1.165, 1.54) is 0 Å². The van der Waals surface area contributed by atoms with Gasteiger partial charge in [-0.05, 0) is 24.3 Å². The molecule has 5 aromatic rings. The van der Waals surface area contributed by atoms with Crippen molar-refractivity contribution < 1.29 is 9.59 Å². The Morgan fingerprint density at radius 2 is 1.75 bits per heavy atom. The molecule has 6 rings (SSSR count). The van der Waals surface area contributed by atoms with Crippen molar-refractivity contribution >= 4 is 55.3 Å². The van der Waals surface area contributed by atoms with Crippen molar-refractivity contribution in [3.63, 3.8) is 0 Å². The highest BCUT2D eigenvalue weighted by Crippen LogP contribution is 2.42. The molecule has 0 aliphatic carbocycles. The van der Waals surface area contributed by atoms with Crippen molar-refractivity contribution in [3.8, 4) is 6.07 Å². The number of aromatic amines is 1. The Labute approximate surface area is 158 Å². The maximum absolute atomic E-state index is 12.8. The second kappa shape index (κ2) is 4.78. The van der Waals surface area contributed by atoms with Gasteiger partial charge in [0.25, 0.3) is 11.8 Å². The first-order chi connectivity index (χ1) is 13.6. The molecule has 6 nitrogen and oxygen atoms in total. The van der Waals surface area contributed by atoms with Crippen LogP contribution in [0.3, 0.4) is 0 Å². The molecule has 28 heavy (non-hydrogen) atoms. The summed E-state index contributed by atoms with van der Waals surface area (Å²) in [5, 5.41) is 15.9. The van der Waals surface area contributed by atoms with E-state index in [-0.39, 0.29) is 5.91 Å². The second-order valence-electron chi connectivity index (χ2n) is 7.13. The van der Waals surface area contributed by atoms with Crippen molar-refractivity contribution in [3.05, 3.63) is 59.3 Å². The summed E-state index contributed by atoms with van der Waals surface area (Å²) in [5.74, 6) is -0.784. The summed E-state index contributed by atoms with van der Waals surface area (Å²) in [6.45, 7) is 0. The van der Waals surface area contributed by atoms with Crippen LogP contribution < -0.4 is 5.32 Å². The van der Waals surface area contributed by atoms with Crippen LogP contribution in [0.4, 0.5) is 0 Å². The molecular formula is C22H12N4O2. The highest BCUT2D eigenvalue weighted by atomic mass is 16.2. The van der Waals surface area contributed by atoms with Gasteiger partial charge in [-0.15, -0.1) is 0 Å². The number of nitrogens with one attached hydrogen (secondary N) is 2. The molecule has 1 aliphatic heterocycles. The monoisotopic (exact) mass is 364 g/mol. The molecule has 0 radical (unpaired) electrons. The molecule has 0 bridgehead atoms. The van der Waals surface area contributed by atoms with Crippen molar-refractivity contribution in [2.45, 2.75) is 0 Å². The van der Waals surface area contributed by atoms with Crippen LogP contribution in [0.2, 0.25) is 0 Å². The highest BCUT2D eigenvalue weighted by Gasteiger charge is 2.34. The largest absolute Gasteiger partial charge is 0.354 e. The maximum Gasteiger partial charge on any atom is 0.259 e. The van der Waals surface area contributed by atoms with Crippen LogP contribution in [0.1, 0.15) is 26.3 Å². The third-order valence-corrected chi connectivity index (χ3v) is 5.67. The van der Waals surface area contributed by atoms with Crippen molar-refractivity contribution in [1.82, 2.24) is 14.9 Å². The van der Waals surface area contributed by atoms with Gasteiger partial charge in [0.1, 0.15) is 0 Å². The second-order valence-corrected chi connectivity index (χ2v) is 7.13. The Hall–Kier alpha value is -4.11. The molecule has 132 valence electrons. The van der Waals surface area contributed by atoms with Crippen LogP contribution in [0, 0.1) is 11.3 Å². The predicted octanol–water partition coefficient (Wildman–Crippen LogP) is 3.72. The fraction of sp³-hybridized carbons (Fsp3) is 0.0455. The summed E-state index contributed by atoms with van der Waals surface area (Å²) in [6, 6.07) is 13.5. The molecule has 3 heterocycles. The zero-order valence-corrected chi connectivity index (χ0v) is 14.8. The van der Waals surface area contributed by atoms with E-state index >= 15 is 0 Å². The van der Waals surface area contributed by atoms with E-state index in [1.807, 2.05) is 42.1 Å². The number of amides is 2. The summed E-state index contributed by atoms with van der Waals surface area (Å²) < 4.78 is 1.97. The van der Waals surface area contributed by atoms with Gasteiger partial charge in [-0.1, -0.05) is 12.1 Å². The number of nitriles is 1. The fourth-order valence-electron chi connectivity index (χ4n) is 4.51. The standard InChI is InChI=1S/C22H12N4O2/c1-26-7-6-11-3-4-12-16(20(11)26)18-17(21(27)25-22(18)28)15-13-8-10(9-23)2-5-14(13)24-19(12)15/h2-8,24H,1H3,(H,25,27,28). The van der Waals surface area contributed by atoms with Crippen molar-refractivity contribution in [2.24, 2.45) is 7.05 Å². The molecule has 2 aromatic heterocycles. The first-order valence-corrected chi connectivity index (χ1v) is 8.83. The van der Waals surface area contributed by atoms with E-state index in [9.17, 15) is 14.9 Å². The highest BCUT2D eigenvalue weighted by molar-refractivity contribution is 6.39. The van der Waals surface area contributed by atoms with E-state index in [0.29, 0.717) is 22.1 Å². The molecule has 0 saturated carbocycles. The Kier molecular flexibility index (Phi) is 2.56. The Bertz CT molecular complexity index is 1590. The molecule has 0 unspecified atom stereocenters. The zero-order valence-electron chi connectivity index (χ0n) is 14.8. The van der Waals surface area contributed by atoms with Crippen molar-refractivity contribution in [2.75, 3.05) is 0 Å². The van der Waals surface area contributed by atoms with E-state index in [0.717, 1.165) is 38.1 Å². The summed E-state index contributed by atoms with van der Waals surface area (Å²) in [6.07, 6.45) is 1.94. The first-order valence-electron chi connectivity index (χ1n) is 8.83. The van der Waals surface area contributed by atoms with Crippen LogP contribution in [-0.2, 0) is 7.05 Å². The Morgan fingerprint density at radius 1 is 0.964 bits per heavy atom. The van der Waals surface area contributed by atoms with Crippen LogP contribution in [0.5, 0.6) is 0 Å². The van der Waals surface area contributed by atoms with Crippen molar-refractivity contribution in [1.29, 1.82) is 5.26 Å². The van der Waals surface area contributed by atoms with Gasteiger partial charge in [0.15, 0.2) is 0 Å². The van der Waals surface area contributed by atoms with Gasteiger partial charge >= 0.3 is 0 Å². The number of carbonyl (C=O) groups excluding carboxylic acids is 2. The molecule has 2 amide bonds. The number of hydrogen-bond acceptors (Lipinski definition) is 3. The van der Waals surface area contributed by atoms with Crippen LogP contribution in [0.25, 0.3) is 43.5 Å². The summed E-state index contributed by atoms with van der Waals surface area (Å²) in [4.78, 5) is 29.0. The molecule has 0 fully saturated rings. The smallest absolute Gasteiger partial charge is 0.259 e. The third kappa shape index (κ3) is 1.62. The lowest BCUT2D eigenvalue weighted by molar-refractivity contribution is 0.0880. The average molecular weight is 364 g/mol. The lowest BCUT2D eigenvalue weighted by Crippen LogP contribution is -2.20. The van der Waals surface area contributed by atoms with Gasteiger partial charge in [-0.2, -0.15) is 5.26 Å². The molecule has 0 saturated heterocycles. The number of nitrogens with zero attached hydrogens (tertiary/aromatic N) is 2. The Morgan fingerprint density at radius 3 is 2.54 bits per heavy atom. The first kappa shape index (κ1) is 15.0. The number of carbonyl (C=O) groups is 2. The van der Waals surface area contributed by atoms with Gasteiger partial charge < -0.3 is 9.55 Å². The maximum atomic E-state index is 12.8. The normalized spacial score (nSPS) is 13.6. The summed E-state index contributed by atoms with van der Waals surface area (Å²) in [5.41, 5.74) is 3.82. The van der Waals surface area contributed by atoms with Gasteiger partial charge in [0, 0.05) is 45.7 Å². The molecule has 1 aliphatic rings. The van der Waals surface area contributed by atoms with E-state index in [2.05, 4.69) is 16.4 Å². The van der Waals surface area contributed by atoms with Crippen LogP contribution >= 0.6 is 0 Å². The zero-order chi connectivity index (χ0) is 19.2. The van der Waals surface area contributed by atoms with E-state index in [1.54, 1.807) is 12.1 Å². The van der Waals surface area contributed by atoms with E-state index < -0.39 is 5.91 Å². The summed E-state index contributed by atoms with van der Waals surface area (Å²) in [7, 11) is 1.93. The number of aromatic nitrogens is 2. The quantitative estimate of drug-likeness (QED) is 0.410. The number of H-pyrrole nitrogens is 1. The minimum absolute atomic E-state index is 0.377. The van der Waals surface area contributed by atoms with Crippen LogP contribution in [0.15, 0.2) is 42.6 Å². The minimum Gasteiger partial charge on any atom is -0.354 e. The molecule has 6 heteroatoms. The molecule has 0 atom stereocenters. The number of fused-ring (bicyclic) bond motifs is 10. The van der Waals surface area contributed by atoms with Gasteiger partial charge in [0.2, 0.25) is 0 Å². The number of hydrogen-bond donors (Lipinski definition) is 2. The molecular weight excluding hydrogens is 352 g/mol. The lowest BCUT2D eigenvalue weighted by atomic mass is 9.93. The fourth-order valence-corrected chi connectivity index (χ4v) is 4.51. The molecule has 3 aromatic carbocycles. The lowest BCUT2D eigenvalue weighted by Gasteiger charge is -2.09. The molecule has 2 N–H and O–H groups in total. The average Bonchev–Trinajstić information content (AvgIpc) is 3.34. The van der Waals surface area contributed by atoms with Gasteiger partial charge in [0.05, 0.1) is 33.8 Å². The summed E-state index contributed by atoms with van der Waals surface area (Å²) >= 11 is 0. The molecule has 0 spiro atoms. The van der Waals surface area contributed by atoms with E-state index in [4.69, 9.17) is 0 Å². The third-order valence-electron chi connectivity index (χ3n) is 5.67. The number of benzene rings is 3. The number of rotatable bonds is 0. The van der Waals surface area contributed by atoms with Gasteiger partial charge in [-0.3, -0.25) is 14.9 Å².